The minimum atomic E-state index is 0.567. The van der Waals surface area contributed by atoms with Gasteiger partial charge in [-0.3, -0.25) is 0 Å². The van der Waals surface area contributed by atoms with Gasteiger partial charge < -0.3 is 5.43 Å². The van der Waals surface area contributed by atoms with E-state index >= 15 is 0 Å². The monoisotopic (exact) mass is 158 g/mol. The van der Waals surface area contributed by atoms with Crippen molar-refractivity contribution >= 4 is 5.82 Å². The van der Waals surface area contributed by atoms with E-state index in [2.05, 4.69) is 22.3 Å². The fraction of sp³-hybridized carbons (Fsp3) is 0. The molecule has 0 fully saturated rings. The normalized spacial score (nSPS) is 7.67. The lowest BCUT2D eigenvalue weighted by molar-refractivity contribution is 1.22. The van der Waals surface area contributed by atoms with Crippen LogP contribution >= 0.6 is 0 Å². The summed E-state index contributed by atoms with van der Waals surface area (Å²) in [4.78, 5) is 3.90. The number of aromatic nitrogens is 1. The Labute approximate surface area is 70.0 Å². The maximum atomic E-state index is 8.15. The lowest BCUT2D eigenvalue weighted by atomic mass is 10.3. The molecule has 0 saturated heterocycles. The number of rotatable bonds is 1. The van der Waals surface area contributed by atoms with Gasteiger partial charge in [0.05, 0.1) is 0 Å². The van der Waals surface area contributed by atoms with Gasteiger partial charge in [-0.2, -0.15) is 5.26 Å². The lowest BCUT2D eigenvalue weighted by Gasteiger charge is -1.95. The Balaban J connectivity index is 2.87. The molecule has 4 heteroatoms. The first-order chi connectivity index (χ1) is 5.86. The maximum absolute atomic E-state index is 8.15. The van der Waals surface area contributed by atoms with E-state index in [9.17, 15) is 0 Å². The van der Waals surface area contributed by atoms with Crippen molar-refractivity contribution in [2.75, 3.05) is 5.43 Å². The molecule has 1 aromatic rings. The molecule has 0 radical (unpaired) electrons. The van der Waals surface area contributed by atoms with Crippen LogP contribution in [0.15, 0.2) is 18.3 Å². The average molecular weight is 158 g/mol. The lowest BCUT2D eigenvalue weighted by Crippen LogP contribution is -2.07. The predicted molar refractivity (Wildman–Crippen MR) is 44.5 cm³/mol. The molecule has 1 rings (SSSR count). The van der Waals surface area contributed by atoms with Crippen LogP contribution in [0.2, 0.25) is 0 Å². The Hall–Kier alpha value is -2.04. The second-order valence-electron chi connectivity index (χ2n) is 1.94. The van der Waals surface area contributed by atoms with Crippen molar-refractivity contribution in [3.05, 3.63) is 23.9 Å². The van der Waals surface area contributed by atoms with Crippen molar-refractivity contribution in [1.29, 1.82) is 5.26 Å². The number of hydrogen-bond donors (Lipinski definition) is 2. The molecule has 1 heterocycles. The molecule has 0 amide bonds. The van der Waals surface area contributed by atoms with Crippen molar-refractivity contribution in [2.45, 2.75) is 0 Å². The molecule has 0 bridgehead atoms. The summed E-state index contributed by atoms with van der Waals surface area (Å²) in [6.45, 7) is 0. The van der Waals surface area contributed by atoms with Gasteiger partial charge in [-0.05, 0) is 18.1 Å². The van der Waals surface area contributed by atoms with Crippen molar-refractivity contribution < 1.29 is 0 Å². The van der Waals surface area contributed by atoms with E-state index in [-0.39, 0.29) is 0 Å². The third-order valence-electron chi connectivity index (χ3n) is 1.17. The van der Waals surface area contributed by atoms with Gasteiger partial charge in [0, 0.05) is 17.7 Å². The standard InChI is InChI=1S/C8H6N4/c9-5-1-2-7-3-4-8(12-10)11-6-7/h3-4,6H,10H2,(H,11,12). The molecule has 0 unspecified atom stereocenters. The predicted octanol–water partition coefficient (Wildman–Crippen LogP) is 0.242. The molecule has 0 atom stereocenters. The zero-order chi connectivity index (χ0) is 8.81. The number of nitriles is 1. The van der Waals surface area contributed by atoms with Gasteiger partial charge in [-0.1, -0.05) is 0 Å². The van der Waals surface area contributed by atoms with Crippen LogP contribution in [0.1, 0.15) is 5.56 Å². The summed E-state index contributed by atoms with van der Waals surface area (Å²) in [6, 6.07) is 5.13. The number of nitrogens with zero attached hydrogens (tertiary/aromatic N) is 2. The molecule has 3 N–H and O–H groups in total. The Morgan fingerprint density at radius 1 is 1.50 bits per heavy atom. The maximum Gasteiger partial charge on any atom is 0.152 e. The number of nitrogen functional groups attached to an aromatic ring is 1. The van der Waals surface area contributed by atoms with Crippen molar-refractivity contribution in [3.63, 3.8) is 0 Å². The molecule has 1 aromatic heterocycles. The molecular weight excluding hydrogens is 152 g/mol. The number of nitrogens with two attached hydrogens (primary N) is 1. The SMILES string of the molecule is N#CC#Cc1ccc(NN)nc1. The first-order valence-electron chi connectivity index (χ1n) is 3.19. The van der Waals surface area contributed by atoms with E-state index in [0.29, 0.717) is 11.4 Å². The third kappa shape index (κ3) is 1.98. The molecule has 0 aliphatic carbocycles. The van der Waals surface area contributed by atoms with Gasteiger partial charge in [0.1, 0.15) is 5.82 Å². The molecule has 0 aliphatic heterocycles. The van der Waals surface area contributed by atoms with E-state index in [1.165, 1.54) is 0 Å². The largest absolute Gasteiger partial charge is 0.308 e. The summed E-state index contributed by atoms with van der Waals surface area (Å²) in [5.41, 5.74) is 3.08. The number of anilines is 1. The summed E-state index contributed by atoms with van der Waals surface area (Å²) in [7, 11) is 0. The van der Waals surface area contributed by atoms with Gasteiger partial charge >= 0.3 is 0 Å². The zero-order valence-electron chi connectivity index (χ0n) is 6.20. The highest BCUT2D eigenvalue weighted by molar-refractivity contribution is 5.41. The first-order valence-corrected chi connectivity index (χ1v) is 3.19. The molecular formula is C8H6N4. The fourth-order valence-electron chi connectivity index (χ4n) is 0.653. The molecule has 0 aromatic carbocycles. The molecule has 4 nitrogen and oxygen atoms in total. The Bertz CT molecular complexity index is 349. The highest BCUT2D eigenvalue weighted by Crippen LogP contribution is 2.01. The van der Waals surface area contributed by atoms with Crippen LogP contribution in [-0.4, -0.2) is 4.98 Å². The summed E-state index contributed by atoms with van der Waals surface area (Å²) in [5.74, 6) is 10.5. The molecule has 0 aliphatic rings. The molecule has 0 spiro atoms. The van der Waals surface area contributed by atoms with Crippen LogP contribution < -0.4 is 11.3 Å². The van der Waals surface area contributed by atoms with Crippen LogP contribution in [0.25, 0.3) is 0 Å². The molecule has 58 valence electrons. The van der Waals surface area contributed by atoms with Crippen molar-refractivity contribution in [3.8, 4) is 17.9 Å². The fourth-order valence-corrected chi connectivity index (χ4v) is 0.653. The Kier molecular flexibility index (Phi) is 2.67. The minimum Gasteiger partial charge on any atom is -0.308 e. The molecule has 0 saturated carbocycles. The van der Waals surface area contributed by atoms with E-state index in [1.807, 2.05) is 0 Å². The smallest absolute Gasteiger partial charge is 0.152 e. The van der Waals surface area contributed by atoms with Gasteiger partial charge in [-0.25, -0.2) is 10.8 Å². The van der Waals surface area contributed by atoms with Gasteiger partial charge in [0.25, 0.3) is 0 Å². The summed E-state index contributed by atoms with van der Waals surface area (Å²) in [5, 5.41) is 8.15. The number of nitrogens with one attached hydrogen (secondary N) is 1. The van der Waals surface area contributed by atoms with Crippen LogP contribution in [0.4, 0.5) is 5.82 Å². The second-order valence-corrected chi connectivity index (χ2v) is 1.94. The Morgan fingerprint density at radius 2 is 2.33 bits per heavy atom. The van der Waals surface area contributed by atoms with E-state index in [4.69, 9.17) is 11.1 Å². The second kappa shape index (κ2) is 3.97. The number of hydrazine groups is 1. The van der Waals surface area contributed by atoms with E-state index in [1.54, 1.807) is 24.4 Å². The highest BCUT2D eigenvalue weighted by Gasteiger charge is 1.88. The molecule has 12 heavy (non-hydrogen) atoms. The number of hydrogen-bond acceptors (Lipinski definition) is 4. The highest BCUT2D eigenvalue weighted by atomic mass is 15.2. The Morgan fingerprint density at radius 3 is 2.83 bits per heavy atom. The minimum absolute atomic E-state index is 0.567. The van der Waals surface area contributed by atoms with E-state index in [0.717, 1.165) is 0 Å². The van der Waals surface area contributed by atoms with Crippen LogP contribution in [0.3, 0.4) is 0 Å². The average Bonchev–Trinajstić information content (AvgIpc) is 2.15. The first kappa shape index (κ1) is 8.06. The van der Waals surface area contributed by atoms with Gasteiger partial charge in [-0.15, -0.1) is 0 Å². The van der Waals surface area contributed by atoms with Gasteiger partial charge in [0.15, 0.2) is 6.07 Å². The van der Waals surface area contributed by atoms with Crippen LogP contribution in [0, 0.1) is 23.2 Å². The van der Waals surface area contributed by atoms with E-state index < -0.39 is 0 Å². The van der Waals surface area contributed by atoms with Crippen molar-refractivity contribution in [2.24, 2.45) is 5.84 Å². The summed E-state index contributed by atoms with van der Waals surface area (Å²) >= 11 is 0. The third-order valence-corrected chi connectivity index (χ3v) is 1.17. The van der Waals surface area contributed by atoms with Crippen LogP contribution in [-0.2, 0) is 0 Å². The quantitative estimate of drug-likeness (QED) is 0.349. The number of pyridine rings is 1. The summed E-state index contributed by atoms with van der Waals surface area (Å²) < 4.78 is 0. The van der Waals surface area contributed by atoms with Gasteiger partial charge in [0.2, 0.25) is 0 Å². The van der Waals surface area contributed by atoms with Crippen molar-refractivity contribution in [1.82, 2.24) is 4.98 Å². The van der Waals surface area contributed by atoms with Crippen LogP contribution in [0.5, 0.6) is 0 Å². The zero-order valence-corrected chi connectivity index (χ0v) is 6.20. The topological polar surface area (TPSA) is 74.7 Å². The summed E-state index contributed by atoms with van der Waals surface area (Å²) in [6.07, 6.45) is 1.54.